The zero-order chi connectivity index (χ0) is 21.1. The van der Waals surface area contributed by atoms with Crippen molar-refractivity contribution in [1.82, 2.24) is 14.7 Å². The first-order valence-corrected chi connectivity index (χ1v) is 9.93. The van der Waals surface area contributed by atoms with Gasteiger partial charge in [0, 0.05) is 24.5 Å². The maximum atomic E-state index is 13.2. The van der Waals surface area contributed by atoms with Crippen LogP contribution in [0.4, 0.5) is 10.5 Å². The lowest BCUT2D eigenvalue weighted by Crippen LogP contribution is -2.34. The first-order chi connectivity index (χ1) is 14.6. The zero-order valence-corrected chi connectivity index (χ0v) is 17.5. The molecule has 158 valence electrons. The fraction of sp³-hybridized carbons (Fsp3) is 0.364. The van der Waals surface area contributed by atoms with E-state index in [1.165, 1.54) is 11.3 Å². The number of carbonyl (C=O) groups excluding carboxylic acids is 1. The number of aryl methyl sites for hydroxylation is 1. The zero-order valence-electron chi connectivity index (χ0n) is 17.5. The third kappa shape index (κ3) is 3.98. The Kier molecular flexibility index (Phi) is 5.65. The number of amides is 2. The number of hydrogen-bond donors (Lipinski definition) is 1. The third-order valence-electron chi connectivity index (χ3n) is 5.39. The van der Waals surface area contributed by atoms with Gasteiger partial charge in [0.1, 0.15) is 5.76 Å². The quantitative estimate of drug-likeness (QED) is 0.641. The minimum absolute atomic E-state index is 0.240. The number of nitrogens with zero attached hydrogens (tertiary/aromatic N) is 3. The molecular formula is C22H26N4O4. The summed E-state index contributed by atoms with van der Waals surface area (Å²) in [6.07, 6.45) is 4.78. The van der Waals surface area contributed by atoms with E-state index in [1.807, 2.05) is 23.9 Å². The van der Waals surface area contributed by atoms with Gasteiger partial charge < -0.3 is 24.1 Å². The van der Waals surface area contributed by atoms with Gasteiger partial charge in [0.05, 0.1) is 39.3 Å². The van der Waals surface area contributed by atoms with E-state index in [4.69, 9.17) is 13.9 Å². The number of rotatable bonds is 7. The molecule has 0 saturated heterocycles. The fourth-order valence-corrected chi connectivity index (χ4v) is 3.91. The molecule has 1 N–H and O–H groups in total. The molecule has 0 aliphatic heterocycles. The van der Waals surface area contributed by atoms with Gasteiger partial charge in [-0.1, -0.05) is 0 Å². The van der Waals surface area contributed by atoms with Gasteiger partial charge in [-0.2, -0.15) is 5.10 Å². The molecular weight excluding hydrogens is 384 g/mol. The van der Waals surface area contributed by atoms with Crippen molar-refractivity contribution in [2.75, 3.05) is 19.5 Å². The van der Waals surface area contributed by atoms with Crippen molar-refractivity contribution in [2.24, 2.45) is 7.05 Å². The number of anilines is 1. The maximum absolute atomic E-state index is 13.2. The molecule has 0 saturated carbocycles. The number of ether oxygens (including phenoxy) is 2. The summed E-state index contributed by atoms with van der Waals surface area (Å²) in [5.41, 5.74) is 4.09. The molecule has 0 radical (unpaired) electrons. The second kappa shape index (κ2) is 8.52. The molecule has 0 bridgehead atoms. The molecule has 8 heteroatoms. The highest BCUT2D eigenvalue weighted by molar-refractivity contribution is 5.89. The summed E-state index contributed by atoms with van der Waals surface area (Å²) in [5.74, 6) is 1.87. The Bertz CT molecular complexity index is 1030. The molecule has 0 atom stereocenters. The van der Waals surface area contributed by atoms with Crippen LogP contribution in [-0.2, 0) is 33.0 Å². The van der Waals surface area contributed by atoms with Gasteiger partial charge >= 0.3 is 6.03 Å². The molecule has 2 aromatic heterocycles. The molecule has 0 fully saturated rings. The number of benzene rings is 1. The number of urea groups is 1. The van der Waals surface area contributed by atoms with Crippen LogP contribution in [0.1, 0.15) is 29.1 Å². The van der Waals surface area contributed by atoms with Crippen molar-refractivity contribution in [3.8, 4) is 11.5 Å². The largest absolute Gasteiger partial charge is 0.493 e. The van der Waals surface area contributed by atoms with Crippen LogP contribution in [0.5, 0.6) is 11.5 Å². The summed E-state index contributed by atoms with van der Waals surface area (Å²) in [4.78, 5) is 14.9. The Morgan fingerprint density at radius 1 is 1.20 bits per heavy atom. The van der Waals surface area contributed by atoms with Crippen molar-refractivity contribution in [2.45, 2.75) is 32.4 Å². The average molecular weight is 410 g/mol. The highest BCUT2D eigenvalue weighted by Crippen LogP contribution is 2.30. The van der Waals surface area contributed by atoms with Gasteiger partial charge in [-0.25, -0.2) is 4.79 Å². The monoisotopic (exact) mass is 410 g/mol. The second-order valence-electron chi connectivity index (χ2n) is 7.28. The predicted molar refractivity (Wildman–Crippen MR) is 112 cm³/mol. The lowest BCUT2D eigenvalue weighted by molar-refractivity contribution is 0.200. The van der Waals surface area contributed by atoms with E-state index in [0.717, 1.165) is 25.0 Å². The number of methoxy groups -OCH3 is 2. The summed E-state index contributed by atoms with van der Waals surface area (Å²) in [6.45, 7) is 0.750. The molecule has 3 aromatic rings. The molecule has 2 heterocycles. The third-order valence-corrected chi connectivity index (χ3v) is 5.39. The molecule has 2 amide bonds. The molecule has 1 aliphatic carbocycles. The predicted octanol–water partition coefficient (Wildman–Crippen LogP) is 3.75. The first-order valence-electron chi connectivity index (χ1n) is 9.93. The van der Waals surface area contributed by atoms with Crippen molar-refractivity contribution in [1.29, 1.82) is 0 Å². The standard InChI is InChI=1S/C22H26N4O4/c1-25-19-8-4-7-17(19)18(24-25)14-26(13-16-6-5-11-30-16)22(27)23-15-9-10-20(28-2)21(12-15)29-3/h5-6,9-12H,4,7-8,13-14H2,1-3H3,(H,23,27). The highest BCUT2D eigenvalue weighted by atomic mass is 16.5. The Balaban J connectivity index is 1.56. The van der Waals surface area contributed by atoms with Gasteiger partial charge in [-0.3, -0.25) is 4.68 Å². The second-order valence-corrected chi connectivity index (χ2v) is 7.28. The van der Waals surface area contributed by atoms with Crippen LogP contribution in [0.25, 0.3) is 0 Å². The van der Waals surface area contributed by atoms with Crippen LogP contribution in [0.15, 0.2) is 41.0 Å². The Hall–Kier alpha value is -3.42. The van der Waals surface area contributed by atoms with Gasteiger partial charge in [0.25, 0.3) is 0 Å². The summed E-state index contributed by atoms with van der Waals surface area (Å²) >= 11 is 0. The maximum Gasteiger partial charge on any atom is 0.322 e. The van der Waals surface area contributed by atoms with Crippen LogP contribution in [-0.4, -0.2) is 34.9 Å². The van der Waals surface area contributed by atoms with Crippen molar-refractivity contribution in [3.05, 3.63) is 59.3 Å². The summed E-state index contributed by atoms with van der Waals surface area (Å²) < 4.78 is 18.0. The van der Waals surface area contributed by atoms with E-state index in [1.54, 1.807) is 43.6 Å². The van der Waals surface area contributed by atoms with Crippen LogP contribution in [0.2, 0.25) is 0 Å². The lowest BCUT2D eigenvalue weighted by Gasteiger charge is -2.22. The lowest BCUT2D eigenvalue weighted by atomic mass is 10.2. The molecule has 8 nitrogen and oxygen atoms in total. The van der Waals surface area contributed by atoms with E-state index in [9.17, 15) is 4.79 Å². The van der Waals surface area contributed by atoms with E-state index in [0.29, 0.717) is 36.0 Å². The van der Waals surface area contributed by atoms with E-state index < -0.39 is 0 Å². The number of furan rings is 1. The molecule has 0 spiro atoms. The van der Waals surface area contributed by atoms with Crippen LogP contribution in [0, 0.1) is 0 Å². The summed E-state index contributed by atoms with van der Waals surface area (Å²) in [7, 11) is 5.11. The Labute approximate surface area is 175 Å². The smallest absolute Gasteiger partial charge is 0.322 e. The average Bonchev–Trinajstić information content (AvgIpc) is 3.48. The van der Waals surface area contributed by atoms with E-state index in [2.05, 4.69) is 10.4 Å². The molecule has 30 heavy (non-hydrogen) atoms. The summed E-state index contributed by atoms with van der Waals surface area (Å²) in [6, 6.07) is 8.72. The Morgan fingerprint density at radius 2 is 2.03 bits per heavy atom. The SMILES string of the molecule is COc1ccc(NC(=O)N(Cc2ccco2)Cc2nn(C)c3c2CCC3)cc1OC. The summed E-state index contributed by atoms with van der Waals surface area (Å²) in [5, 5.41) is 7.62. The first kappa shape index (κ1) is 19.9. The van der Waals surface area contributed by atoms with Crippen molar-refractivity contribution in [3.63, 3.8) is 0 Å². The Morgan fingerprint density at radius 3 is 2.77 bits per heavy atom. The van der Waals surface area contributed by atoms with E-state index in [-0.39, 0.29) is 6.03 Å². The number of fused-ring (bicyclic) bond motifs is 1. The highest BCUT2D eigenvalue weighted by Gasteiger charge is 2.25. The minimum Gasteiger partial charge on any atom is -0.493 e. The number of hydrogen-bond acceptors (Lipinski definition) is 5. The van der Waals surface area contributed by atoms with Crippen LogP contribution in [0.3, 0.4) is 0 Å². The number of nitrogens with one attached hydrogen (secondary N) is 1. The van der Waals surface area contributed by atoms with Crippen LogP contribution < -0.4 is 14.8 Å². The van der Waals surface area contributed by atoms with Crippen molar-refractivity contribution >= 4 is 11.7 Å². The number of aromatic nitrogens is 2. The van der Waals surface area contributed by atoms with Gasteiger partial charge in [0.15, 0.2) is 11.5 Å². The van der Waals surface area contributed by atoms with Gasteiger partial charge in [-0.15, -0.1) is 0 Å². The van der Waals surface area contributed by atoms with Crippen LogP contribution >= 0.6 is 0 Å². The topological polar surface area (TPSA) is 81.8 Å². The van der Waals surface area contributed by atoms with E-state index >= 15 is 0 Å². The van der Waals surface area contributed by atoms with Gasteiger partial charge in [0.2, 0.25) is 0 Å². The number of carbonyl (C=O) groups is 1. The van der Waals surface area contributed by atoms with Crippen molar-refractivity contribution < 1.29 is 18.7 Å². The van der Waals surface area contributed by atoms with Gasteiger partial charge in [-0.05, 0) is 49.1 Å². The normalized spacial score (nSPS) is 12.5. The fourth-order valence-electron chi connectivity index (χ4n) is 3.91. The molecule has 1 aromatic carbocycles. The molecule has 1 aliphatic rings. The minimum atomic E-state index is -0.240. The molecule has 0 unspecified atom stereocenters. The molecule has 4 rings (SSSR count).